The molecule has 0 bridgehead atoms. The first-order valence-corrected chi connectivity index (χ1v) is 7.38. The SMILES string of the molecule is O=C1/C=C/CCC/C=C\CCCCCCCCO1. The Morgan fingerprint density at radius 1 is 0.722 bits per heavy atom. The summed E-state index contributed by atoms with van der Waals surface area (Å²) >= 11 is 0. The van der Waals surface area contributed by atoms with Crippen LogP contribution < -0.4 is 0 Å². The van der Waals surface area contributed by atoms with Crippen molar-refractivity contribution >= 4 is 5.97 Å². The van der Waals surface area contributed by atoms with Crippen LogP contribution in [0.1, 0.15) is 64.2 Å². The van der Waals surface area contributed by atoms with E-state index >= 15 is 0 Å². The minimum Gasteiger partial charge on any atom is -0.463 e. The summed E-state index contributed by atoms with van der Waals surface area (Å²) in [7, 11) is 0. The number of rotatable bonds is 0. The third-order valence-corrected chi connectivity index (χ3v) is 3.17. The molecule has 0 radical (unpaired) electrons. The van der Waals surface area contributed by atoms with Crippen LogP contribution in [0.15, 0.2) is 24.3 Å². The van der Waals surface area contributed by atoms with E-state index in [2.05, 4.69) is 12.2 Å². The van der Waals surface area contributed by atoms with E-state index in [0.717, 1.165) is 25.7 Å². The normalized spacial score (nSPS) is 24.8. The van der Waals surface area contributed by atoms with Crippen molar-refractivity contribution in [2.75, 3.05) is 6.61 Å². The van der Waals surface area contributed by atoms with Crippen molar-refractivity contribution in [2.45, 2.75) is 64.2 Å². The zero-order valence-electron chi connectivity index (χ0n) is 11.4. The van der Waals surface area contributed by atoms with Gasteiger partial charge in [0.2, 0.25) is 0 Å². The summed E-state index contributed by atoms with van der Waals surface area (Å²) in [6, 6.07) is 0. The van der Waals surface area contributed by atoms with Gasteiger partial charge in [0, 0.05) is 6.08 Å². The molecular weight excluding hydrogens is 224 g/mol. The molecule has 102 valence electrons. The Kier molecular flexibility index (Phi) is 9.23. The van der Waals surface area contributed by atoms with Crippen molar-refractivity contribution in [2.24, 2.45) is 0 Å². The van der Waals surface area contributed by atoms with Gasteiger partial charge in [-0.3, -0.25) is 0 Å². The lowest BCUT2D eigenvalue weighted by molar-refractivity contribution is -0.137. The maximum Gasteiger partial charge on any atom is 0.330 e. The van der Waals surface area contributed by atoms with E-state index in [1.54, 1.807) is 6.08 Å². The van der Waals surface area contributed by atoms with Crippen molar-refractivity contribution in [3.8, 4) is 0 Å². The summed E-state index contributed by atoms with van der Waals surface area (Å²) in [6.45, 7) is 0.574. The Morgan fingerprint density at radius 2 is 1.33 bits per heavy atom. The number of hydrogen-bond donors (Lipinski definition) is 0. The Bertz CT molecular complexity index is 266. The summed E-state index contributed by atoms with van der Waals surface area (Å²) < 4.78 is 5.13. The molecule has 1 aliphatic heterocycles. The number of cyclic esters (lactones) is 1. The first-order valence-electron chi connectivity index (χ1n) is 7.38. The molecule has 0 spiro atoms. The van der Waals surface area contributed by atoms with Crippen LogP contribution in [0.5, 0.6) is 0 Å². The van der Waals surface area contributed by atoms with Crippen LogP contribution >= 0.6 is 0 Å². The topological polar surface area (TPSA) is 26.3 Å². The Balaban J connectivity index is 2.25. The highest BCUT2D eigenvalue weighted by Crippen LogP contribution is 2.09. The van der Waals surface area contributed by atoms with E-state index in [-0.39, 0.29) is 5.97 Å². The number of allylic oxidation sites excluding steroid dienone is 3. The number of carbonyl (C=O) groups excluding carboxylic acids is 1. The Morgan fingerprint density at radius 3 is 2.17 bits per heavy atom. The molecule has 0 N–H and O–H groups in total. The second-order valence-corrected chi connectivity index (χ2v) is 4.88. The molecule has 18 heavy (non-hydrogen) atoms. The van der Waals surface area contributed by atoms with Crippen LogP contribution in [-0.4, -0.2) is 12.6 Å². The van der Waals surface area contributed by atoms with Gasteiger partial charge in [-0.15, -0.1) is 0 Å². The van der Waals surface area contributed by atoms with Crippen molar-refractivity contribution in [3.63, 3.8) is 0 Å². The maximum absolute atomic E-state index is 11.3. The minimum atomic E-state index is -0.185. The molecular formula is C16H26O2. The average Bonchev–Trinajstić information content (AvgIpc) is 2.37. The van der Waals surface area contributed by atoms with Crippen LogP contribution in [0.3, 0.4) is 0 Å². The summed E-state index contributed by atoms with van der Waals surface area (Å²) in [5.74, 6) is -0.185. The largest absolute Gasteiger partial charge is 0.463 e. The zero-order valence-corrected chi connectivity index (χ0v) is 11.4. The lowest BCUT2D eigenvalue weighted by Crippen LogP contribution is -2.02. The van der Waals surface area contributed by atoms with Crippen LogP contribution in [0.4, 0.5) is 0 Å². The quantitative estimate of drug-likeness (QED) is 0.465. The molecule has 0 unspecified atom stereocenters. The highest BCUT2D eigenvalue weighted by molar-refractivity contribution is 5.81. The molecule has 0 aromatic rings. The van der Waals surface area contributed by atoms with Gasteiger partial charge in [-0.05, 0) is 38.5 Å². The lowest BCUT2D eigenvalue weighted by atomic mass is 10.1. The van der Waals surface area contributed by atoms with E-state index < -0.39 is 0 Å². The predicted octanol–water partition coefficient (Wildman–Crippen LogP) is 4.56. The van der Waals surface area contributed by atoms with Gasteiger partial charge in [-0.25, -0.2) is 4.79 Å². The fourth-order valence-electron chi connectivity index (χ4n) is 2.06. The summed E-state index contributed by atoms with van der Waals surface area (Å²) in [5, 5.41) is 0. The highest BCUT2D eigenvalue weighted by Gasteiger charge is 1.97. The van der Waals surface area contributed by atoms with Crippen molar-refractivity contribution in [1.29, 1.82) is 0 Å². The third-order valence-electron chi connectivity index (χ3n) is 3.17. The Hall–Kier alpha value is -1.05. The molecule has 0 fully saturated rings. The van der Waals surface area contributed by atoms with Gasteiger partial charge >= 0.3 is 5.97 Å². The summed E-state index contributed by atoms with van der Waals surface area (Å²) in [5.41, 5.74) is 0. The fraction of sp³-hybridized carbons (Fsp3) is 0.688. The van der Waals surface area contributed by atoms with Gasteiger partial charge in [-0.1, -0.05) is 43.9 Å². The molecule has 0 aromatic carbocycles. The number of ether oxygens (including phenoxy) is 1. The second kappa shape index (κ2) is 11.1. The van der Waals surface area contributed by atoms with Crippen LogP contribution in [0, 0.1) is 0 Å². The summed E-state index contributed by atoms with van der Waals surface area (Å²) in [4.78, 5) is 11.3. The molecule has 1 rings (SSSR count). The van der Waals surface area contributed by atoms with E-state index in [9.17, 15) is 4.79 Å². The molecule has 2 heteroatoms. The second-order valence-electron chi connectivity index (χ2n) is 4.88. The van der Waals surface area contributed by atoms with Gasteiger partial charge < -0.3 is 4.74 Å². The molecule has 0 aromatic heterocycles. The predicted molar refractivity (Wildman–Crippen MR) is 75.4 cm³/mol. The van der Waals surface area contributed by atoms with E-state index in [4.69, 9.17) is 4.74 Å². The fourth-order valence-corrected chi connectivity index (χ4v) is 2.06. The number of carbonyl (C=O) groups is 1. The molecule has 0 atom stereocenters. The molecule has 1 heterocycles. The molecule has 0 saturated heterocycles. The smallest absolute Gasteiger partial charge is 0.330 e. The van der Waals surface area contributed by atoms with Gasteiger partial charge in [0.05, 0.1) is 6.61 Å². The van der Waals surface area contributed by atoms with Gasteiger partial charge in [0.25, 0.3) is 0 Å². The van der Waals surface area contributed by atoms with Gasteiger partial charge in [-0.2, -0.15) is 0 Å². The number of hydrogen-bond acceptors (Lipinski definition) is 2. The van der Waals surface area contributed by atoms with Crippen LogP contribution in [0.25, 0.3) is 0 Å². The van der Waals surface area contributed by atoms with E-state index in [0.29, 0.717) is 6.61 Å². The first-order chi connectivity index (χ1) is 8.89. The van der Waals surface area contributed by atoms with Crippen LogP contribution in [-0.2, 0) is 9.53 Å². The first kappa shape index (κ1) is 15.0. The maximum atomic E-state index is 11.3. The monoisotopic (exact) mass is 250 g/mol. The molecule has 0 aliphatic carbocycles. The van der Waals surface area contributed by atoms with E-state index in [1.165, 1.54) is 38.5 Å². The summed E-state index contributed by atoms with van der Waals surface area (Å²) in [6.07, 6.45) is 19.8. The number of esters is 1. The third kappa shape index (κ3) is 9.03. The van der Waals surface area contributed by atoms with Gasteiger partial charge in [0.15, 0.2) is 0 Å². The molecule has 0 amide bonds. The molecule has 0 saturated carbocycles. The lowest BCUT2D eigenvalue weighted by Gasteiger charge is -2.02. The van der Waals surface area contributed by atoms with E-state index in [1.807, 2.05) is 6.08 Å². The average molecular weight is 250 g/mol. The minimum absolute atomic E-state index is 0.185. The standard InChI is InChI=1S/C16H26O2/c17-16-14-12-10-8-6-4-2-1-3-5-7-9-11-13-15-18-16/h2,4,12,14H,1,3,5-11,13,15H2/b4-2-,14-12+. The van der Waals surface area contributed by atoms with Crippen LogP contribution in [0.2, 0.25) is 0 Å². The van der Waals surface area contributed by atoms with Crippen molar-refractivity contribution in [3.05, 3.63) is 24.3 Å². The molecule has 1 aliphatic rings. The van der Waals surface area contributed by atoms with Crippen molar-refractivity contribution in [1.82, 2.24) is 0 Å². The molecule has 2 nitrogen and oxygen atoms in total. The van der Waals surface area contributed by atoms with Crippen molar-refractivity contribution < 1.29 is 9.53 Å². The Labute approximate surface area is 111 Å². The van der Waals surface area contributed by atoms with Gasteiger partial charge in [0.1, 0.15) is 0 Å². The zero-order chi connectivity index (χ0) is 12.9. The highest BCUT2D eigenvalue weighted by atomic mass is 16.5.